The number of carbonyl (C=O) groups excluding carboxylic acids is 1. The van der Waals surface area contributed by atoms with Crippen LogP contribution >= 0.6 is 0 Å². The van der Waals surface area contributed by atoms with E-state index >= 15 is 0 Å². The van der Waals surface area contributed by atoms with Gasteiger partial charge < -0.3 is 9.88 Å². The molecule has 0 aliphatic carbocycles. The van der Waals surface area contributed by atoms with Crippen LogP contribution in [-0.2, 0) is 6.54 Å². The number of hydrogen-bond donors (Lipinski definition) is 1. The summed E-state index contributed by atoms with van der Waals surface area (Å²) in [6.45, 7) is 5.65. The fraction of sp³-hybridized carbons (Fsp3) is 0.353. The van der Waals surface area contributed by atoms with Crippen LogP contribution in [0.3, 0.4) is 0 Å². The molecule has 0 radical (unpaired) electrons. The van der Waals surface area contributed by atoms with Gasteiger partial charge in [-0.2, -0.15) is 0 Å². The standard InChI is InChI=1S/C17H19N5O2/c1-12-16(20-24-19-12)11-21-6-8-22(9-7-21)17(23)15-10-13-4-2-3-5-14(13)18-15/h2-5,10,18H,6-9,11H2,1H3. The number of rotatable bonds is 3. The van der Waals surface area contributed by atoms with Crippen molar-refractivity contribution < 1.29 is 9.42 Å². The van der Waals surface area contributed by atoms with Crippen LogP contribution in [0.2, 0.25) is 0 Å². The highest BCUT2D eigenvalue weighted by atomic mass is 16.6. The van der Waals surface area contributed by atoms with Crippen molar-refractivity contribution in [3.63, 3.8) is 0 Å². The third-order valence-corrected chi connectivity index (χ3v) is 4.54. The van der Waals surface area contributed by atoms with E-state index in [4.69, 9.17) is 4.63 Å². The molecule has 2 aromatic heterocycles. The first-order valence-electron chi connectivity index (χ1n) is 8.08. The number of benzene rings is 1. The topological polar surface area (TPSA) is 78.3 Å². The van der Waals surface area contributed by atoms with Crippen LogP contribution in [0.25, 0.3) is 10.9 Å². The molecule has 1 amide bonds. The molecule has 1 aromatic carbocycles. The van der Waals surface area contributed by atoms with Crippen LogP contribution in [0.1, 0.15) is 21.9 Å². The Hall–Kier alpha value is -2.67. The maximum Gasteiger partial charge on any atom is 0.270 e. The Labute approximate surface area is 139 Å². The Morgan fingerprint density at radius 3 is 2.71 bits per heavy atom. The molecule has 0 bridgehead atoms. The summed E-state index contributed by atoms with van der Waals surface area (Å²) in [6.07, 6.45) is 0. The second kappa shape index (κ2) is 6.09. The van der Waals surface area contributed by atoms with Gasteiger partial charge >= 0.3 is 0 Å². The molecule has 0 saturated carbocycles. The van der Waals surface area contributed by atoms with Gasteiger partial charge in [0, 0.05) is 43.6 Å². The fourth-order valence-corrected chi connectivity index (χ4v) is 3.07. The molecular weight excluding hydrogens is 306 g/mol. The van der Waals surface area contributed by atoms with E-state index < -0.39 is 0 Å². The van der Waals surface area contributed by atoms with E-state index in [1.165, 1.54) is 0 Å². The number of nitrogens with zero attached hydrogens (tertiary/aromatic N) is 4. The van der Waals surface area contributed by atoms with Gasteiger partial charge in [-0.15, -0.1) is 0 Å². The molecule has 0 atom stereocenters. The van der Waals surface area contributed by atoms with Gasteiger partial charge in [0.15, 0.2) is 0 Å². The number of aromatic nitrogens is 3. The quantitative estimate of drug-likeness (QED) is 0.795. The summed E-state index contributed by atoms with van der Waals surface area (Å²) >= 11 is 0. The average Bonchev–Trinajstić information content (AvgIpc) is 3.21. The van der Waals surface area contributed by atoms with Crippen molar-refractivity contribution in [1.82, 2.24) is 25.1 Å². The van der Waals surface area contributed by atoms with Gasteiger partial charge in [0.25, 0.3) is 5.91 Å². The number of nitrogens with one attached hydrogen (secondary N) is 1. The Balaban J connectivity index is 1.40. The molecule has 1 fully saturated rings. The lowest BCUT2D eigenvalue weighted by Gasteiger charge is -2.34. The van der Waals surface area contributed by atoms with Crippen LogP contribution in [-0.4, -0.2) is 57.2 Å². The third kappa shape index (κ3) is 2.78. The molecule has 1 aliphatic heterocycles. The first-order chi connectivity index (χ1) is 11.7. The van der Waals surface area contributed by atoms with Crippen LogP contribution in [0, 0.1) is 6.92 Å². The van der Waals surface area contributed by atoms with E-state index in [1.807, 2.05) is 42.2 Å². The van der Waals surface area contributed by atoms with Gasteiger partial charge in [-0.1, -0.05) is 28.5 Å². The molecule has 24 heavy (non-hydrogen) atoms. The first kappa shape index (κ1) is 14.9. The summed E-state index contributed by atoms with van der Waals surface area (Å²) in [5, 5.41) is 8.79. The number of para-hydroxylation sites is 1. The van der Waals surface area contributed by atoms with Crippen LogP contribution < -0.4 is 0 Å². The number of H-pyrrole nitrogens is 1. The number of piperazine rings is 1. The maximum atomic E-state index is 12.7. The molecule has 124 valence electrons. The summed E-state index contributed by atoms with van der Waals surface area (Å²) in [5.74, 6) is 0.0603. The molecule has 7 heteroatoms. The van der Waals surface area contributed by atoms with Gasteiger partial charge in [0.2, 0.25) is 0 Å². The van der Waals surface area contributed by atoms with E-state index in [0.29, 0.717) is 25.3 Å². The number of carbonyl (C=O) groups is 1. The Morgan fingerprint density at radius 2 is 2.00 bits per heavy atom. The Morgan fingerprint density at radius 1 is 1.21 bits per heavy atom. The number of aromatic amines is 1. The van der Waals surface area contributed by atoms with Gasteiger partial charge in [0.05, 0.1) is 0 Å². The van der Waals surface area contributed by atoms with Crippen molar-refractivity contribution in [3.8, 4) is 0 Å². The molecule has 4 rings (SSSR count). The highest BCUT2D eigenvalue weighted by Crippen LogP contribution is 2.17. The number of fused-ring (bicyclic) bond motifs is 1. The van der Waals surface area contributed by atoms with Crippen molar-refractivity contribution in [1.29, 1.82) is 0 Å². The Kier molecular flexibility index (Phi) is 3.78. The summed E-state index contributed by atoms with van der Waals surface area (Å²) in [6, 6.07) is 9.86. The number of hydrogen-bond acceptors (Lipinski definition) is 5. The van der Waals surface area contributed by atoms with Crippen molar-refractivity contribution in [2.24, 2.45) is 0 Å². The zero-order valence-corrected chi connectivity index (χ0v) is 13.5. The van der Waals surface area contributed by atoms with Crippen molar-refractivity contribution in [2.75, 3.05) is 26.2 Å². The van der Waals surface area contributed by atoms with Gasteiger partial charge in [-0.05, 0) is 19.1 Å². The minimum absolute atomic E-state index is 0.0603. The maximum absolute atomic E-state index is 12.7. The van der Waals surface area contributed by atoms with Crippen LogP contribution in [0.4, 0.5) is 0 Å². The zero-order chi connectivity index (χ0) is 16.5. The summed E-state index contributed by atoms with van der Waals surface area (Å²) in [7, 11) is 0. The number of aryl methyl sites for hydroxylation is 1. The lowest BCUT2D eigenvalue weighted by atomic mass is 10.2. The van der Waals surface area contributed by atoms with Gasteiger partial charge in [-0.3, -0.25) is 9.69 Å². The lowest BCUT2D eigenvalue weighted by Crippen LogP contribution is -2.48. The van der Waals surface area contributed by atoms with E-state index in [1.54, 1.807) is 0 Å². The predicted octanol–water partition coefficient (Wildman–Crippen LogP) is 1.82. The SMILES string of the molecule is Cc1nonc1CN1CCN(C(=O)c2cc3ccccc3[nH]2)CC1. The molecule has 1 aliphatic rings. The van der Waals surface area contributed by atoms with E-state index in [0.717, 1.165) is 35.4 Å². The Bertz CT molecular complexity index is 828. The molecule has 1 saturated heterocycles. The minimum atomic E-state index is 0.0603. The summed E-state index contributed by atoms with van der Waals surface area (Å²) in [4.78, 5) is 20.1. The third-order valence-electron chi connectivity index (χ3n) is 4.54. The lowest BCUT2D eigenvalue weighted by molar-refractivity contribution is 0.0620. The van der Waals surface area contributed by atoms with Gasteiger partial charge in [-0.25, -0.2) is 4.63 Å². The van der Waals surface area contributed by atoms with Crippen molar-refractivity contribution in [3.05, 3.63) is 47.4 Å². The largest absolute Gasteiger partial charge is 0.351 e. The van der Waals surface area contributed by atoms with Gasteiger partial charge in [0.1, 0.15) is 17.1 Å². The zero-order valence-electron chi connectivity index (χ0n) is 13.5. The molecule has 0 spiro atoms. The normalized spacial score (nSPS) is 16.0. The van der Waals surface area contributed by atoms with Crippen LogP contribution in [0.15, 0.2) is 35.0 Å². The summed E-state index contributed by atoms with van der Waals surface area (Å²) < 4.78 is 4.74. The smallest absolute Gasteiger partial charge is 0.270 e. The van der Waals surface area contributed by atoms with Crippen molar-refractivity contribution >= 4 is 16.8 Å². The molecule has 3 aromatic rings. The highest BCUT2D eigenvalue weighted by molar-refractivity contribution is 5.98. The summed E-state index contributed by atoms with van der Waals surface area (Å²) in [5.41, 5.74) is 3.34. The van der Waals surface area contributed by atoms with Crippen LogP contribution in [0.5, 0.6) is 0 Å². The first-order valence-corrected chi connectivity index (χ1v) is 8.08. The van der Waals surface area contributed by atoms with E-state index in [2.05, 4.69) is 20.2 Å². The highest BCUT2D eigenvalue weighted by Gasteiger charge is 2.24. The van der Waals surface area contributed by atoms with Crippen molar-refractivity contribution in [2.45, 2.75) is 13.5 Å². The van der Waals surface area contributed by atoms with E-state index in [-0.39, 0.29) is 5.91 Å². The number of amides is 1. The fourth-order valence-electron chi connectivity index (χ4n) is 3.07. The average molecular weight is 325 g/mol. The predicted molar refractivity (Wildman–Crippen MR) is 88.5 cm³/mol. The molecular formula is C17H19N5O2. The minimum Gasteiger partial charge on any atom is -0.351 e. The molecule has 7 nitrogen and oxygen atoms in total. The molecule has 1 N–H and O–H groups in total. The molecule has 0 unspecified atom stereocenters. The second-order valence-electron chi connectivity index (χ2n) is 6.13. The molecule has 3 heterocycles. The van der Waals surface area contributed by atoms with E-state index in [9.17, 15) is 4.79 Å². The monoisotopic (exact) mass is 325 g/mol. The second-order valence-corrected chi connectivity index (χ2v) is 6.13.